The van der Waals surface area contributed by atoms with E-state index in [0.29, 0.717) is 6.04 Å². The molecule has 0 saturated carbocycles. The summed E-state index contributed by atoms with van der Waals surface area (Å²) in [5, 5.41) is 8.20. The van der Waals surface area contributed by atoms with Crippen molar-refractivity contribution >= 4 is 15.9 Å². The first-order chi connectivity index (χ1) is 9.49. The predicted molar refractivity (Wildman–Crippen MR) is 84.9 cm³/mol. The van der Waals surface area contributed by atoms with Crippen LogP contribution in [0, 0.1) is 0 Å². The molecule has 0 aliphatic carbocycles. The van der Waals surface area contributed by atoms with Crippen molar-refractivity contribution < 1.29 is 4.74 Å². The van der Waals surface area contributed by atoms with Gasteiger partial charge in [-0.25, -0.2) is 0 Å². The molecule has 0 radical (unpaired) electrons. The fourth-order valence-corrected chi connectivity index (χ4v) is 3.45. The summed E-state index contributed by atoms with van der Waals surface area (Å²) in [5.41, 5.74) is 1.06. The lowest BCUT2D eigenvalue weighted by Gasteiger charge is -2.35. The second-order valence-corrected chi connectivity index (χ2v) is 6.92. The molecule has 1 fully saturated rings. The summed E-state index contributed by atoms with van der Waals surface area (Å²) in [7, 11) is 0. The lowest BCUT2D eigenvalue weighted by atomic mass is 9.90. The largest absolute Gasteiger partial charge is 0.373 e. The van der Waals surface area contributed by atoms with Crippen LogP contribution in [-0.2, 0) is 4.74 Å². The SMILES string of the molecule is CCCNC(c1c(Br)cnn1C(C)C)C1(C)CCCO1. The molecule has 0 spiro atoms. The zero-order valence-electron chi connectivity index (χ0n) is 12.9. The van der Waals surface area contributed by atoms with Crippen molar-refractivity contribution in [2.75, 3.05) is 13.2 Å². The molecule has 114 valence electrons. The lowest BCUT2D eigenvalue weighted by molar-refractivity contribution is -0.0152. The van der Waals surface area contributed by atoms with Gasteiger partial charge in [-0.15, -0.1) is 0 Å². The molecule has 20 heavy (non-hydrogen) atoms. The zero-order chi connectivity index (χ0) is 14.8. The lowest BCUT2D eigenvalue weighted by Crippen LogP contribution is -2.43. The van der Waals surface area contributed by atoms with Crippen molar-refractivity contribution in [1.29, 1.82) is 0 Å². The van der Waals surface area contributed by atoms with Crippen LogP contribution < -0.4 is 5.32 Å². The maximum Gasteiger partial charge on any atom is 0.0864 e. The van der Waals surface area contributed by atoms with E-state index in [4.69, 9.17) is 4.74 Å². The van der Waals surface area contributed by atoms with Crippen LogP contribution in [0.5, 0.6) is 0 Å². The summed E-state index contributed by atoms with van der Waals surface area (Å²) in [6, 6.07) is 0.511. The van der Waals surface area contributed by atoms with Crippen LogP contribution in [0.4, 0.5) is 0 Å². The Morgan fingerprint density at radius 3 is 2.85 bits per heavy atom. The van der Waals surface area contributed by atoms with Crippen LogP contribution in [0.15, 0.2) is 10.7 Å². The van der Waals surface area contributed by atoms with Crippen molar-refractivity contribution in [3.05, 3.63) is 16.4 Å². The third-order valence-electron chi connectivity index (χ3n) is 4.01. The molecule has 0 amide bonds. The van der Waals surface area contributed by atoms with Crippen LogP contribution in [0.2, 0.25) is 0 Å². The highest BCUT2D eigenvalue weighted by Crippen LogP contribution is 2.40. The first-order valence-electron chi connectivity index (χ1n) is 7.60. The highest BCUT2D eigenvalue weighted by Gasteiger charge is 2.41. The number of hydrogen-bond donors (Lipinski definition) is 1. The number of rotatable bonds is 6. The smallest absolute Gasteiger partial charge is 0.0864 e. The summed E-state index contributed by atoms with van der Waals surface area (Å²) >= 11 is 3.67. The van der Waals surface area contributed by atoms with Gasteiger partial charge in [0.2, 0.25) is 0 Å². The van der Waals surface area contributed by atoms with Gasteiger partial charge in [0.05, 0.1) is 28.0 Å². The molecule has 1 aliphatic rings. The molecule has 2 atom stereocenters. The van der Waals surface area contributed by atoms with Gasteiger partial charge in [-0.2, -0.15) is 5.10 Å². The minimum absolute atomic E-state index is 0.148. The topological polar surface area (TPSA) is 39.1 Å². The van der Waals surface area contributed by atoms with E-state index in [9.17, 15) is 0 Å². The molecular weight excluding hydrogens is 318 g/mol. The molecule has 4 nitrogen and oxygen atoms in total. The number of ether oxygens (including phenoxy) is 1. The van der Waals surface area contributed by atoms with E-state index in [2.05, 4.69) is 58.7 Å². The van der Waals surface area contributed by atoms with Crippen LogP contribution in [0.25, 0.3) is 0 Å². The van der Waals surface area contributed by atoms with Gasteiger partial charge in [0.1, 0.15) is 0 Å². The molecule has 0 bridgehead atoms. The molecule has 1 saturated heterocycles. The summed E-state index contributed by atoms with van der Waals surface area (Å²) in [5.74, 6) is 0. The third kappa shape index (κ3) is 3.10. The molecule has 1 aromatic rings. The Morgan fingerprint density at radius 1 is 1.55 bits per heavy atom. The Kier molecular flexibility index (Phi) is 5.26. The summed E-state index contributed by atoms with van der Waals surface area (Å²) < 4.78 is 9.26. The van der Waals surface area contributed by atoms with E-state index in [-0.39, 0.29) is 11.6 Å². The molecule has 1 aromatic heterocycles. The molecule has 2 heterocycles. The fraction of sp³-hybridized carbons (Fsp3) is 0.800. The first-order valence-corrected chi connectivity index (χ1v) is 8.39. The van der Waals surface area contributed by atoms with Crippen LogP contribution >= 0.6 is 15.9 Å². The maximum atomic E-state index is 6.09. The van der Waals surface area contributed by atoms with Crippen LogP contribution in [0.3, 0.4) is 0 Å². The van der Waals surface area contributed by atoms with Crippen molar-refractivity contribution in [1.82, 2.24) is 15.1 Å². The number of aromatic nitrogens is 2. The summed E-state index contributed by atoms with van der Waals surface area (Å²) in [4.78, 5) is 0. The van der Waals surface area contributed by atoms with Gasteiger partial charge < -0.3 is 10.1 Å². The van der Waals surface area contributed by atoms with E-state index in [1.54, 1.807) is 0 Å². The summed E-state index contributed by atoms with van der Waals surface area (Å²) in [6.07, 6.45) is 5.23. The average molecular weight is 344 g/mol. The number of hydrogen-bond acceptors (Lipinski definition) is 3. The minimum atomic E-state index is -0.148. The minimum Gasteiger partial charge on any atom is -0.373 e. The maximum absolute atomic E-state index is 6.09. The normalized spacial score (nSPS) is 24.5. The summed E-state index contributed by atoms with van der Waals surface area (Å²) in [6.45, 7) is 10.6. The van der Waals surface area contributed by atoms with Crippen molar-refractivity contribution in [3.8, 4) is 0 Å². The number of halogens is 1. The van der Waals surface area contributed by atoms with Crippen LogP contribution in [-0.4, -0.2) is 28.5 Å². The second kappa shape index (κ2) is 6.58. The molecular formula is C15H26BrN3O. The molecule has 2 unspecified atom stereocenters. The fourth-order valence-electron chi connectivity index (χ4n) is 2.95. The van der Waals surface area contributed by atoms with E-state index in [1.807, 2.05) is 6.20 Å². The Bertz CT molecular complexity index is 438. The molecule has 2 rings (SSSR count). The monoisotopic (exact) mass is 343 g/mol. The Balaban J connectivity index is 2.38. The van der Waals surface area contributed by atoms with Gasteiger partial charge >= 0.3 is 0 Å². The van der Waals surface area contributed by atoms with Crippen LogP contribution in [0.1, 0.15) is 64.7 Å². The predicted octanol–water partition coefficient (Wildman–Crippen LogP) is 3.84. The van der Waals surface area contributed by atoms with Crippen molar-refractivity contribution in [2.24, 2.45) is 0 Å². The number of nitrogens with one attached hydrogen (secondary N) is 1. The van der Waals surface area contributed by atoms with Gasteiger partial charge in [-0.3, -0.25) is 4.68 Å². The quantitative estimate of drug-likeness (QED) is 0.852. The number of nitrogens with zero attached hydrogens (tertiary/aromatic N) is 2. The van der Waals surface area contributed by atoms with E-state index < -0.39 is 0 Å². The standard InChI is InChI=1S/C15H26BrN3O/c1-5-8-17-14(15(4)7-6-9-20-15)13-12(16)10-18-19(13)11(2)3/h10-11,14,17H,5-9H2,1-4H3. The van der Waals surface area contributed by atoms with Gasteiger partial charge in [0.25, 0.3) is 0 Å². The highest BCUT2D eigenvalue weighted by atomic mass is 79.9. The van der Waals surface area contributed by atoms with E-state index in [1.165, 1.54) is 5.69 Å². The molecule has 1 N–H and O–H groups in total. The van der Waals surface area contributed by atoms with Gasteiger partial charge in [0.15, 0.2) is 0 Å². The molecule has 5 heteroatoms. The third-order valence-corrected chi connectivity index (χ3v) is 4.62. The average Bonchev–Trinajstić information content (AvgIpc) is 2.98. The van der Waals surface area contributed by atoms with Crippen molar-refractivity contribution in [3.63, 3.8) is 0 Å². The Labute approximate surface area is 130 Å². The van der Waals surface area contributed by atoms with Gasteiger partial charge in [-0.1, -0.05) is 6.92 Å². The van der Waals surface area contributed by atoms with E-state index in [0.717, 1.165) is 36.9 Å². The van der Waals surface area contributed by atoms with Gasteiger partial charge in [-0.05, 0) is 62.5 Å². The Hall–Kier alpha value is -0.390. The second-order valence-electron chi connectivity index (χ2n) is 6.07. The molecule has 1 aliphatic heterocycles. The first kappa shape index (κ1) is 16.0. The van der Waals surface area contributed by atoms with Crippen molar-refractivity contribution in [2.45, 2.75) is 64.6 Å². The van der Waals surface area contributed by atoms with Gasteiger partial charge in [0, 0.05) is 12.6 Å². The molecule has 0 aromatic carbocycles. The Morgan fingerprint density at radius 2 is 2.30 bits per heavy atom. The highest BCUT2D eigenvalue weighted by molar-refractivity contribution is 9.10. The van der Waals surface area contributed by atoms with E-state index >= 15 is 0 Å². The zero-order valence-corrected chi connectivity index (χ0v) is 14.5.